The Bertz CT molecular complexity index is 279. The Morgan fingerprint density at radius 2 is 2.21 bits per heavy atom. The van der Waals surface area contributed by atoms with Crippen LogP contribution < -0.4 is 5.73 Å². The molecule has 78 valence electrons. The molecular formula is C11H17NO2. The lowest BCUT2D eigenvalue weighted by Gasteiger charge is -2.35. The van der Waals surface area contributed by atoms with E-state index in [4.69, 9.17) is 10.8 Å². The van der Waals surface area contributed by atoms with E-state index < -0.39 is 5.97 Å². The zero-order valence-corrected chi connectivity index (χ0v) is 8.60. The molecule has 0 amide bonds. The van der Waals surface area contributed by atoms with Gasteiger partial charge in [0, 0.05) is 12.0 Å². The number of hydrogen-bond acceptors (Lipinski definition) is 2. The molecule has 14 heavy (non-hydrogen) atoms. The molecule has 0 aliphatic heterocycles. The highest BCUT2D eigenvalue weighted by atomic mass is 16.4. The molecule has 3 N–H and O–H groups in total. The Balaban J connectivity index is 2.72. The third kappa shape index (κ3) is 2.45. The van der Waals surface area contributed by atoms with E-state index in [1.54, 1.807) is 0 Å². The van der Waals surface area contributed by atoms with E-state index in [9.17, 15) is 4.79 Å². The van der Waals surface area contributed by atoms with Crippen molar-refractivity contribution in [3.05, 3.63) is 24.3 Å². The van der Waals surface area contributed by atoms with Crippen LogP contribution in [-0.2, 0) is 4.79 Å². The number of nitrogens with two attached hydrogens (primary N) is 1. The summed E-state index contributed by atoms with van der Waals surface area (Å²) in [6.45, 7) is 4.14. The van der Waals surface area contributed by atoms with Crippen LogP contribution in [-0.4, -0.2) is 17.1 Å². The molecule has 0 saturated heterocycles. The van der Waals surface area contributed by atoms with Gasteiger partial charge in [0.1, 0.15) is 0 Å². The molecule has 0 radical (unpaired) electrons. The Hall–Kier alpha value is -1.09. The summed E-state index contributed by atoms with van der Waals surface area (Å²) in [5, 5.41) is 8.66. The average molecular weight is 195 g/mol. The molecule has 3 heteroatoms. The first kappa shape index (κ1) is 11.0. The maximum Gasteiger partial charge on any atom is 0.304 e. The topological polar surface area (TPSA) is 63.3 Å². The first-order valence-electron chi connectivity index (χ1n) is 4.77. The van der Waals surface area contributed by atoms with Crippen LogP contribution in [0.25, 0.3) is 0 Å². The molecule has 0 fully saturated rings. The van der Waals surface area contributed by atoms with Gasteiger partial charge >= 0.3 is 5.97 Å². The zero-order valence-electron chi connectivity index (χ0n) is 8.60. The summed E-state index contributed by atoms with van der Waals surface area (Å²) in [4.78, 5) is 10.5. The molecule has 0 heterocycles. The van der Waals surface area contributed by atoms with Crippen molar-refractivity contribution >= 4 is 5.97 Å². The van der Waals surface area contributed by atoms with E-state index in [0.29, 0.717) is 0 Å². The van der Waals surface area contributed by atoms with Gasteiger partial charge in [-0.05, 0) is 5.41 Å². The molecule has 0 saturated carbocycles. The molecule has 2 atom stereocenters. The Labute approximate surface area is 84.3 Å². The highest BCUT2D eigenvalue weighted by molar-refractivity contribution is 5.67. The molecule has 0 aromatic carbocycles. The normalized spacial score (nSPS) is 26.1. The minimum absolute atomic E-state index is 0.0201. The van der Waals surface area contributed by atoms with Gasteiger partial charge in [0.2, 0.25) is 0 Å². The van der Waals surface area contributed by atoms with Crippen LogP contribution in [0.1, 0.15) is 20.3 Å². The summed E-state index contributed by atoms with van der Waals surface area (Å²) < 4.78 is 0. The fourth-order valence-electron chi connectivity index (χ4n) is 1.87. The van der Waals surface area contributed by atoms with E-state index in [1.807, 2.05) is 18.2 Å². The van der Waals surface area contributed by atoms with Gasteiger partial charge in [-0.25, -0.2) is 0 Å². The van der Waals surface area contributed by atoms with Gasteiger partial charge in [-0.3, -0.25) is 4.79 Å². The minimum Gasteiger partial charge on any atom is -0.481 e. The summed E-state index contributed by atoms with van der Waals surface area (Å²) in [6, 6.07) is -0.316. The first-order valence-corrected chi connectivity index (χ1v) is 4.77. The second-order valence-electron chi connectivity index (χ2n) is 4.35. The van der Waals surface area contributed by atoms with E-state index in [-0.39, 0.29) is 23.8 Å². The Morgan fingerprint density at radius 1 is 1.57 bits per heavy atom. The summed E-state index contributed by atoms with van der Waals surface area (Å²) in [5.74, 6) is -0.736. The molecule has 3 nitrogen and oxygen atoms in total. The first-order chi connectivity index (χ1) is 6.43. The van der Waals surface area contributed by atoms with Crippen LogP contribution in [0.2, 0.25) is 0 Å². The van der Waals surface area contributed by atoms with Crippen LogP contribution in [0.5, 0.6) is 0 Å². The second kappa shape index (κ2) is 3.96. The van der Waals surface area contributed by atoms with Gasteiger partial charge in [0.15, 0.2) is 0 Å². The predicted octanol–water partition coefficient (Wildman–Crippen LogP) is 1.56. The number of carbonyl (C=O) groups is 1. The van der Waals surface area contributed by atoms with Crippen molar-refractivity contribution in [2.75, 3.05) is 0 Å². The zero-order chi connectivity index (χ0) is 10.8. The third-order valence-corrected chi connectivity index (χ3v) is 2.69. The molecule has 1 aliphatic rings. The largest absolute Gasteiger partial charge is 0.481 e. The summed E-state index contributed by atoms with van der Waals surface area (Å²) in [5.41, 5.74) is 5.81. The number of aliphatic carboxylic acids is 1. The Kier molecular flexibility index (Phi) is 3.11. The van der Waals surface area contributed by atoms with Crippen molar-refractivity contribution in [3.63, 3.8) is 0 Å². The van der Waals surface area contributed by atoms with Gasteiger partial charge in [-0.2, -0.15) is 0 Å². The molecule has 1 unspecified atom stereocenters. The summed E-state index contributed by atoms with van der Waals surface area (Å²) in [6.07, 6.45) is 7.99. The summed E-state index contributed by atoms with van der Waals surface area (Å²) >= 11 is 0. The lowest BCUT2D eigenvalue weighted by atomic mass is 9.72. The SMILES string of the molecule is CC1(C)C=CC=CC1[C@H](N)CC(=O)O. The fraction of sp³-hybridized carbons (Fsp3) is 0.545. The number of carboxylic acid groups (broad SMARTS) is 1. The van der Waals surface area contributed by atoms with Crippen molar-refractivity contribution < 1.29 is 9.90 Å². The van der Waals surface area contributed by atoms with Gasteiger partial charge in [-0.1, -0.05) is 38.2 Å². The van der Waals surface area contributed by atoms with Crippen molar-refractivity contribution in [1.29, 1.82) is 0 Å². The molecule has 0 bridgehead atoms. The molecule has 1 rings (SSSR count). The van der Waals surface area contributed by atoms with Gasteiger partial charge < -0.3 is 10.8 Å². The van der Waals surface area contributed by atoms with Gasteiger partial charge in [-0.15, -0.1) is 0 Å². The van der Waals surface area contributed by atoms with Crippen LogP contribution in [0.15, 0.2) is 24.3 Å². The Morgan fingerprint density at radius 3 is 2.71 bits per heavy atom. The molecule has 0 aromatic heterocycles. The monoisotopic (exact) mass is 195 g/mol. The number of rotatable bonds is 3. The maximum atomic E-state index is 10.5. The highest BCUT2D eigenvalue weighted by Gasteiger charge is 2.32. The lowest BCUT2D eigenvalue weighted by molar-refractivity contribution is -0.137. The van der Waals surface area contributed by atoms with Gasteiger partial charge in [0.05, 0.1) is 6.42 Å². The second-order valence-corrected chi connectivity index (χ2v) is 4.35. The van der Waals surface area contributed by atoms with E-state index in [1.165, 1.54) is 0 Å². The molecule has 0 spiro atoms. The number of carboxylic acids is 1. The van der Waals surface area contributed by atoms with Crippen molar-refractivity contribution in [2.45, 2.75) is 26.3 Å². The highest BCUT2D eigenvalue weighted by Crippen LogP contribution is 2.34. The number of hydrogen-bond donors (Lipinski definition) is 2. The van der Waals surface area contributed by atoms with Crippen LogP contribution in [0, 0.1) is 11.3 Å². The van der Waals surface area contributed by atoms with Crippen molar-refractivity contribution in [1.82, 2.24) is 0 Å². The van der Waals surface area contributed by atoms with Crippen molar-refractivity contribution in [3.8, 4) is 0 Å². The average Bonchev–Trinajstić information content (AvgIpc) is 2.01. The van der Waals surface area contributed by atoms with Crippen LogP contribution in [0.4, 0.5) is 0 Å². The predicted molar refractivity (Wildman–Crippen MR) is 55.8 cm³/mol. The van der Waals surface area contributed by atoms with Crippen molar-refractivity contribution in [2.24, 2.45) is 17.1 Å². The summed E-state index contributed by atoms with van der Waals surface area (Å²) in [7, 11) is 0. The molecule has 1 aliphatic carbocycles. The van der Waals surface area contributed by atoms with E-state index in [0.717, 1.165) is 0 Å². The van der Waals surface area contributed by atoms with Crippen LogP contribution in [0.3, 0.4) is 0 Å². The molecule has 0 aromatic rings. The number of allylic oxidation sites excluding steroid dienone is 3. The smallest absolute Gasteiger partial charge is 0.304 e. The fourth-order valence-corrected chi connectivity index (χ4v) is 1.87. The minimum atomic E-state index is -0.837. The third-order valence-electron chi connectivity index (χ3n) is 2.69. The van der Waals surface area contributed by atoms with E-state index >= 15 is 0 Å². The standard InChI is InChI=1S/C11H17NO2/c1-11(2)6-4-3-5-8(11)9(12)7-10(13)14/h3-6,8-9H,7,12H2,1-2H3,(H,13,14)/t8?,9-/m1/s1. The van der Waals surface area contributed by atoms with Crippen LogP contribution >= 0.6 is 0 Å². The maximum absolute atomic E-state index is 10.5. The molecular weight excluding hydrogens is 178 g/mol. The quantitative estimate of drug-likeness (QED) is 0.718. The lowest BCUT2D eigenvalue weighted by Crippen LogP contribution is -2.39. The van der Waals surface area contributed by atoms with Gasteiger partial charge in [0.25, 0.3) is 0 Å². The van der Waals surface area contributed by atoms with E-state index in [2.05, 4.69) is 19.9 Å².